The summed E-state index contributed by atoms with van der Waals surface area (Å²) in [5.41, 5.74) is 0. The SMILES string of the molecule is CCC(Cl)[C@H](C)CNCOC. The van der Waals surface area contributed by atoms with Crippen LogP contribution in [0.1, 0.15) is 20.3 Å². The van der Waals surface area contributed by atoms with Gasteiger partial charge in [-0.25, -0.2) is 0 Å². The fourth-order valence-electron chi connectivity index (χ4n) is 0.919. The molecule has 0 aromatic carbocycles. The number of nitrogens with one attached hydrogen (secondary N) is 1. The number of methoxy groups -OCH3 is 1. The average molecular weight is 180 g/mol. The van der Waals surface area contributed by atoms with E-state index in [4.69, 9.17) is 16.3 Å². The number of rotatable bonds is 6. The Balaban J connectivity index is 3.28. The lowest BCUT2D eigenvalue weighted by molar-refractivity contribution is 0.170. The maximum atomic E-state index is 6.01. The van der Waals surface area contributed by atoms with Gasteiger partial charge in [0.05, 0.1) is 6.73 Å². The van der Waals surface area contributed by atoms with E-state index in [2.05, 4.69) is 19.2 Å². The van der Waals surface area contributed by atoms with Crippen molar-refractivity contribution in [3.05, 3.63) is 0 Å². The summed E-state index contributed by atoms with van der Waals surface area (Å²) in [5.74, 6) is 0.511. The Morgan fingerprint density at radius 3 is 2.64 bits per heavy atom. The quantitative estimate of drug-likeness (QED) is 0.382. The Kier molecular flexibility index (Phi) is 7.02. The maximum Gasteiger partial charge on any atom is 0.0961 e. The highest BCUT2D eigenvalue weighted by molar-refractivity contribution is 6.20. The van der Waals surface area contributed by atoms with Gasteiger partial charge in [-0.2, -0.15) is 0 Å². The second-order valence-corrected chi connectivity index (χ2v) is 3.35. The number of hydrogen-bond acceptors (Lipinski definition) is 2. The van der Waals surface area contributed by atoms with Crippen LogP contribution in [0.4, 0.5) is 0 Å². The summed E-state index contributed by atoms with van der Waals surface area (Å²) in [6, 6.07) is 0. The van der Waals surface area contributed by atoms with Crippen LogP contribution in [0.3, 0.4) is 0 Å². The predicted octanol–water partition coefficient (Wildman–Crippen LogP) is 1.83. The molecule has 0 saturated heterocycles. The molecule has 68 valence electrons. The van der Waals surface area contributed by atoms with Gasteiger partial charge >= 0.3 is 0 Å². The fourth-order valence-corrected chi connectivity index (χ4v) is 1.01. The van der Waals surface area contributed by atoms with Crippen LogP contribution in [0.2, 0.25) is 0 Å². The topological polar surface area (TPSA) is 21.3 Å². The molecule has 0 rings (SSSR count). The first-order chi connectivity index (χ1) is 5.22. The molecule has 0 fully saturated rings. The molecule has 0 spiro atoms. The van der Waals surface area contributed by atoms with Crippen LogP contribution >= 0.6 is 11.6 Å². The van der Waals surface area contributed by atoms with E-state index in [1.807, 2.05) is 0 Å². The molecule has 0 aliphatic heterocycles. The summed E-state index contributed by atoms with van der Waals surface area (Å²) in [5, 5.41) is 3.42. The molecular weight excluding hydrogens is 162 g/mol. The number of hydrogen-bond donors (Lipinski definition) is 1. The van der Waals surface area contributed by atoms with Crippen molar-refractivity contribution in [2.45, 2.75) is 25.6 Å². The van der Waals surface area contributed by atoms with E-state index in [1.54, 1.807) is 7.11 Å². The van der Waals surface area contributed by atoms with Crippen LogP contribution < -0.4 is 5.32 Å². The highest BCUT2D eigenvalue weighted by Crippen LogP contribution is 2.12. The summed E-state index contributed by atoms with van der Waals surface area (Å²) in [7, 11) is 1.68. The van der Waals surface area contributed by atoms with E-state index >= 15 is 0 Å². The minimum atomic E-state index is 0.277. The molecule has 11 heavy (non-hydrogen) atoms. The molecule has 2 nitrogen and oxygen atoms in total. The number of alkyl halides is 1. The Hall–Kier alpha value is 0.210. The van der Waals surface area contributed by atoms with Gasteiger partial charge in [0, 0.05) is 19.0 Å². The van der Waals surface area contributed by atoms with Gasteiger partial charge < -0.3 is 4.74 Å². The second-order valence-electron chi connectivity index (χ2n) is 2.79. The van der Waals surface area contributed by atoms with Crippen LogP contribution in [0.5, 0.6) is 0 Å². The lowest BCUT2D eigenvalue weighted by Crippen LogP contribution is -2.27. The van der Waals surface area contributed by atoms with Gasteiger partial charge in [-0.1, -0.05) is 13.8 Å². The van der Waals surface area contributed by atoms with E-state index < -0.39 is 0 Å². The fraction of sp³-hybridized carbons (Fsp3) is 1.00. The average Bonchev–Trinajstić information content (AvgIpc) is 2.03. The van der Waals surface area contributed by atoms with Crippen LogP contribution in [-0.4, -0.2) is 25.8 Å². The number of halogens is 1. The van der Waals surface area contributed by atoms with E-state index in [1.165, 1.54) is 0 Å². The molecule has 1 N–H and O–H groups in total. The molecule has 3 heteroatoms. The van der Waals surface area contributed by atoms with Gasteiger partial charge in [0.2, 0.25) is 0 Å². The Bertz CT molecular complexity index is 90.2. The van der Waals surface area contributed by atoms with Crippen molar-refractivity contribution in [3.8, 4) is 0 Å². The predicted molar refractivity (Wildman–Crippen MR) is 49.0 cm³/mol. The van der Waals surface area contributed by atoms with Crippen molar-refractivity contribution in [2.75, 3.05) is 20.4 Å². The Morgan fingerprint density at radius 1 is 1.55 bits per heavy atom. The largest absolute Gasteiger partial charge is 0.370 e. The Morgan fingerprint density at radius 2 is 2.18 bits per heavy atom. The zero-order valence-electron chi connectivity index (χ0n) is 7.56. The summed E-state index contributed by atoms with van der Waals surface area (Å²) in [4.78, 5) is 0. The minimum absolute atomic E-state index is 0.277. The van der Waals surface area contributed by atoms with E-state index in [0.29, 0.717) is 12.6 Å². The molecule has 1 unspecified atom stereocenters. The maximum absolute atomic E-state index is 6.01. The highest BCUT2D eigenvalue weighted by Gasteiger charge is 2.10. The molecule has 0 bridgehead atoms. The van der Waals surface area contributed by atoms with Gasteiger partial charge in [0.25, 0.3) is 0 Å². The van der Waals surface area contributed by atoms with Crippen molar-refractivity contribution < 1.29 is 4.74 Å². The molecule has 0 aliphatic rings. The van der Waals surface area contributed by atoms with Crippen LogP contribution in [0, 0.1) is 5.92 Å². The first-order valence-electron chi connectivity index (χ1n) is 4.06. The van der Waals surface area contributed by atoms with Crippen molar-refractivity contribution in [1.29, 1.82) is 0 Å². The van der Waals surface area contributed by atoms with Crippen molar-refractivity contribution in [1.82, 2.24) is 5.32 Å². The van der Waals surface area contributed by atoms with Gasteiger partial charge in [-0.3, -0.25) is 5.32 Å². The lowest BCUT2D eigenvalue weighted by Gasteiger charge is -2.16. The number of ether oxygens (including phenoxy) is 1. The van der Waals surface area contributed by atoms with Crippen LogP contribution in [0.15, 0.2) is 0 Å². The third kappa shape index (κ3) is 5.48. The molecule has 0 saturated carbocycles. The second kappa shape index (κ2) is 6.89. The first-order valence-corrected chi connectivity index (χ1v) is 4.49. The summed E-state index contributed by atoms with van der Waals surface area (Å²) in [6.45, 7) is 5.78. The summed E-state index contributed by atoms with van der Waals surface area (Å²) < 4.78 is 4.85. The van der Waals surface area contributed by atoms with Crippen LogP contribution in [-0.2, 0) is 4.74 Å². The van der Waals surface area contributed by atoms with Crippen molar-refractivity contribution >= 4 is 11.6 Å². The summed E-state index contributed by atoms with van der Waals surface area (Å²) >= 11 is 6.01. The molecule has 2 atom stereocenters. The van der Waals surface area contributed by atoms with Gasteiger partial charge in [0.1, 0.15) is 0 Å². The zero-order valence-corrected chi connectivity index (χ0v) is 8.32. The lowest BCUT2D eigenvalue weighted by atomic mass is 10.1. The van der Waals surface area contributed by atoms with E-state index in [-0.39, 0.29) is 5.38 Å². The monoisotopic (exact) mass is 179 g/mol. The van der Waals surface area contributed by atoms with E-state index in [0.717, 1.165) is 13.0 Å². The molecule has 0 aromatic rings. The standard InChI is InChI=1S/C8H18ClNO/c1-4-8(9)7(2)5-10-6-11-3/h7-8,10H,4-6H2,1-3H3/t7-,8?/m1/s1. The third-order valence-electron chi connectivity index (χ3n) is 1.72. The first kappa shape index (κ1) is 11.2. The molecule has 0 aromatic heterocycles. The van der Waals surface area contributed by atoms with Gasteiger partial charge in [-0.05, 0) is 12.3 Å². The molecule has 0 radical (unpaired) electrons. The molecule has 0 amide bonds. The minimum Gasteiger partial charge on any atom is -0.370 e. The summed E-state index contributed by atoms with van der Waals surface area (Å²) in [6.07, 6.45) is 1.03. The zero-order chi connectivity index (χ0) is 8.69. The molecule has 0 aliphatic carbocycles. The van der Waals surface area contributed by atoms with Crippen LogP contribution in [0.25, 0.3) is 0 Å². The molecular formula is C8H18ClNO. The normalized spacial score (nSPS) is 16.4. The molecule has 0 heterocycles. The van der Waals surface area contributed by atoms with Gasteiger partial charge in [0.15, 0.2) is 0 Å². The van der Waals surface area contributed by atoms with Crippen molar-refractivity contribution in [3.63, 3.8) is 0 Å². The van der Waals surface area contributed by atoms with Gasteiger partial charge in [-0.15, -0.1) is 11.6 Å². The third-order valence-corrected chi connectivity index (χ3v) is 2.46. The highest BCUT2D eigenvalue weighted by atomic mass is 35.5. The Labute approximate surface area is 74.3 Å². The van der Waals surface area contributed by atoms with Crippen molar-refractivity contribution in [2.24, 2.45) is 5.92 Å². The van der Waals surface area contributed by atoms with E-state index in [9.17, 15) is 0 Å². The smallest absolute Gasteiger partial charge is 0.0961 e.